The first kappa shape index (κ1) is 13.6. The summed E-state index contributed by atoms with van der Waals surface area (Å²) in [5.74, 6) is 1.68. The van der Waals surface area contributed by atoms with E-state index in [2.05, 4.69) is 20.2 Å². The Balaban J connectivity index is 1.65. The minimum absolute atomic E-state index is 0.317. The Morgan fingerprint density at radius 3 is 2.90 bits per heavy atom. The molecule has 0 amide bonds. The lowest BCUT2D eigenvalue weighted by molar-refractivity contribution is 0.120. The van der Waals surface area contributed by atoms with Crippen LogP contribution >= 0.6 is 0 Å². The molecular formula is C14H22N4O2. The molecule has 1 aromatic heterocycles. The second-order valence-corrected chi connectivity index (χ2v) is 5.31. The molecule has 2 fully saturated rings. The first-order chi connectivity index (χ1) is 9.81. The monoisotopic (exact) mass is 278 g/mol. The molecule has 0 radical (unpaired) electrons. The van der Waals surface area contributed by atoms with Crippen molar-refractivity contribution in [2.24, 2.45) is 0 Å². The van der Waals surface area contributed by atoms with E-state index in [0.29, 0.717) is 6.10 Å². The number of aromatic nitrogens is 2. The number of morpholine rings is 1. The molecule has 0 aliphatic carbocycles. The Morgan fingerprint density at radius 2 is 2.15 bits per heavy atom. The fourth-order valence-corrected chi connectivity index (χ4v) is 2.57. The van der Waals surface area contributed by atoms with Crippen LogP contribution in [-0.4, -0.2) is 55.5 Å². The van der Waals surface area contributed by atoms with Crippen molar-refractivity contribution in [3.05, 3.63) is 11.8 Å². The predicted molar refractivity (Wildman–Crippen MR) is 77.3 cm³/mol. The van der Waals surface area contributed by atoms with E-state index in [1.807, 2.05) is 13.0 Å². The lowest BCUT2D eigenvalue weighted by Crippen LogP contribution is -2.37. The molecule has 20 heavy (non-hydrogen) atoms. The highest BCUT2D eigenvalue weighted by atomic mass is 16.5. The summed E-state index contributed by atoms with van der Waals surface area (Å²) in [5, 5.41) is 3.37. The number of hydrogen-bond donors (Lipinski definition) is 1. The molecule has 6 nitrogen and oxygen atoms in total. The van der Waals surface area contributed by atoms with E-state index in [-0.39, 0.29) is 0 Å². The van der Waals surface area contributed by atoms with Gasteiger partial charge in [-0.15, -0.1) is 0 Å². The van der Waals surface area contributed by atoms with Crippen LogP contribution in [0.2, 0.25) is 0 Å². The van der Waals surface area contributed by atoms with Gasteiger partial charge in [0.05, 0.1) is 19.3 Å². The lowest BCUT2D eigenvalue weighted by Gasteiger charge is -2.27. The van der Waals surface area contributed by atoms with Gasteiger partial charge in [-0.3, -0.25) is 0 Å². The average molecular weight is 278 g/mol. The lowest BCUT2D eigenvalue weighted by atomic mass is 10.2. The molecule has 6 heteroatoms. The smallest absolute Gasteiger partial charge is 0.227 e. The highest BCUT2D eigenvalue weighted by Crippen LogP contribution is 2.17. The van der Waals surface area contributed by atoms with Crippen molar-refractivity contribution >= 4 is 11.8 Å². The zero-order valence-corrected chi connectivity index (χ0v) is 12.0. The summed E-state index contributed by atoms with van der Waals surface area (Å²) >= 11 is 0. The molecule has 0 saturated carbocycles. The maximum absolute atomic E-state index is 5.62. The fraction of sp³-hybridized carbons (Fsp3) is 0.714. The van der Waals surface area contributed by atoms with Crippen molar-refractivity contribution in [3.8, 4) is 0 Å². The molecule has 2 saturated heterocycles. The molecule has 1 N–H and O–H groups in total. The number of nitrogens with zero attached hydrogens (tertiary/aromatic N) is 3. The highest BCUT2D eigenvalue weighted by molar-refractivity contribution is 5.44. The molecular weight excluding hydrogens is 256 g/mol. The molecule has 0 aromatic carbocycles. The SMILES string of the molecule is Cc1cc(NCC2CCCO2)nc(N2CCOCC2)n1. The summed E-state index contributed by atoms with van der Waals surface area (Å²) in [6.07, 6.45) is 2.61. The summed E-state index contributed by atoms with van der Waals surface area (Å²) in [5.41, 5.74) is 0.983. The van der Waals surface area contributed by atoms with Crippen LogP contribution in [0.3, 0.4) is 0 Å². The Hall–Kier alpha value is -1.40. The van der Waals surface area contributed by atoms with Gasteiger partial charge in [0.2, 0.25) is 5.95 Å². The molecule has 3 rings (SSSR count). The van der Waals surface area contributed by atoms with Crippen LogP contribution in [0.15, 0.2) is 6.07 Å². The molecule has 0 spiro atoms. The molecule has 1 unspecified atom stereocenters. The second-order valence-electron chi connectivity index (χ2n) is 5.31. The molecule has 0 bridgehead atoms. The maximum Gasteiger partial charge on any atom is 0.227 e. The number of nitrogens with one attached hydrogen (secondary N) is 1. The van der Waals surface area contributed by atoms with Crippen molar-refractivity contribution in [2.45, 2.75) is 25.9 Å². The molecule has 3 heterocycles. The van der Waals surface area contributed by atoms with Gasteiger partial charge in [-0.1, -0.05) is 0 Å². The van der Waals surface area contributed by atoms with E-state index in [1.54, 1.807) is 0 Å². The van der Waals surface area contributed by atoms with Gasteiger partial charge in [0.1, 0.15) is 5.82 Å². The van der Waals surface area contributed by atoms with Gasteiger partial charge in [-0.05, 0) is 19.8 Å². The van der Waals surface area contributed by atoms with E-state index in [4.69, 9.17) is 9.47 Å². The molecule has 2 aliphatic heterocycles. The summed E-state index contributed by atoms with van der Waals surface area (Å²) in [6, 6.07) is 1.99. The van der Waals surface area contributed by atoms with Gasteiger partial charge in [0.15, 0.2) is 0 Å². The zero-order valence-electron chi connectivity index (χ0n) is 12.0. The standard InChI is InChI=1S/C14H22N4O2/c1-11-9-13(15-10-12-3-2-6-20-12)17-14(16-11)18-4-7-19-8-5-18/h9,12H,2-8,10H2,1H3,(H,15,16,17). The number of aryl methyl sites for hydroxylation is 1. The third-order valence-electron chi connectivity index (χ3n) is 3.67. The van der Waals surface area contributed by atoms with E-state index >= 15 is 0 Å². The van der Waals surface area contributed by atoms with Crippen molar-refractivity contribution in [2.75, 3.05) is 49.7 Å². The van der Waals surface area contributed by atoms with Crippen LogP contribution in [0.4, 0.5) is 11.8 Å². The largest absolute Gasteiger partial charge is 0.378 e. The third kappa shape index (κ3) is 3.37. The molecule has 1 aromatic rings. The van der Waals surface area contributed by atoms with Crippen LogP contribution in [0.25, 0.3) is 0 Å². The van der Waals surface area contributed by atoms with Gasteiger partial charge < -0.3 is 19.7 Å². The number of anilines is 2. The summed E-state index contributed by atoms with van der Waals surface area (Å²) in [7, 11) is 0. The Kier molecular flexibility index (Phi) is 4.32. The van der Waals surface area contributed by atoms with Gasteiger partial charge in [-0.2, -0.15) is 4.98 Å². The Labute approximate surface area is 119 Å². The normalized spacial score (nSPS) is 23.1. The number of hydrogen-bond acceptors (Lipinski definition) is 6. The van der Waals surface area contributed by atoms with Gasteiger partial charge in [0.25, 0.3) is 0 Å². The first-order valence-corrected chi connectivity index (χ1v) is 7.35. The minimum Gasteiger partial charge on any atom is -0.378 e. The van der Waals surface area contributed by atoms with Crippen molar-refractivity contribution in [1.82, 2.24) is 9.97 Å². The summed E-state index contributed by atoms with van der Waals surface area (Å²) in [4.78, 5) is 11.3. The highest BCUT2D eigenvalue weighted by Gasteiger charge is 2.17. The average Bonchev–Trinajstić information content (AvgIpc) is 2.99. The molecule has 1 atom stereocenters. The second kappa shape index (κ2) is 6.37. The van der Waals surface area contributed by atoms with E-state index in [9.17, 15) is 0 Å². The number of ether oxygens (including phenoxy) is 2. The minimum atomic E-state index is 0.317. The van der Waals surface area contributed by atoms with Crippen LogP contribution < -0.4 is 10.2 Å². The van der Waals surface area contributed by atoms with E-state index in [1.165, 1.54) is 0 Å². The maximum atomic E-state index is 5.62. The topological polar surface area (TPSA) is 59.5 Å². The summed E-state index contributed by atoms with van der Waals surface area (Å²) < 4.78 is 11.0. The van der Waals surface area contributed by atoms with Crippen molar-refractivity contribution < 1.29 is 9.47 Å². The Bertz CT molecular complexity index is 443. The zero-order chi connectivity index (χ0) is 13.8. The summed E-state index contributed by atoms with van der Waals surface area (Å²) in [6.45, 7) is 6.91. The molecule has 2 aliphatic rings. The first-order valence-electron chi connectivity index (χ1n) is 7.35. The fourth-order valence-electron chi connectivity index (χ4n) is 2.57. The van der Waals surface area contributed by atoms with Crippen LogP contribution in [0, 0.1) is 6.92 Å². The quantitative estimate of drug-likeness (QED) is 0.893. The third-order valence-corrected chi connectivity index (χ3v) is 3.67. The van der Waals surface area contributed by atoms with E-state index < -0.39 is 0 Å². The van der Waals surface area contributed by atoms with Crippen LogP contribution in [-0.2, 0) is 9.47 Å². The Morgan fingerprint density at radius 1 is 1.30 bits per heavy atom. The number of rotatable bonds is 4. The van der Waals surface area contributed by atoms with Gasteiger partial charge in [0, 0.05) is 38.0 Å². The van der Waals surface area contributed by atoms with Crippen LogP contribution in [0.5, 0.6) is 0 Å². The van der Waals surface area contributed by atoms with Crippen molar-refractivity contribution in [3.63, 3.8) is 0 Å². The van der Waals surface area contributed by atoms with Gasteiger partial charge in [-0.25, -0.2) is 4.98 Å². The van der Waals surface area contributed by atoms with Crippen LogP contribution in [0.1, 0.15) is 18.5 Å². The van der Waals surface area contributed by atoms with Crippen molar-refractivity contribution in [1.29, 1.82) is 0 Å². The van der Waals surface area contributed by atoms with E-state index in [0.717, 1.165) is 69.8 Å². The molecule has 110 valence electrons. The van der Waals surface area contributed by atoms with Gasteiger partial charge >= 0.3 is 0 Å². The predicted octanol–water partition coefficient (Wildman–Crippen LogP) is 1.21.